The van der Waals surface area contributed by atoms with Gasteiger partial charge in [-0.2, -0.15) is 0 Å². The van der Waals surface area contributed by atoms with Crippen molar-refractivity contribution in [3.63, 3.8) is 0 Å². The summed E-state index contributed by atoms with van der Waals surface area (Å²) in [5.41, 5.74) is 1.26. The summed E-state index contributed by atoms with van der Waals surface area (Å²) < 4.78 is 0. The number of rotatable bonds is 3. The van der Waals surface area contributed by atoms with Gasteiger partial charge >= 0.3 is 0 Å². The van der Waals surface area contributed by atoms with E-state index in [1.807, 2.05) is 36.4 Å². The molecular weight excluding hydrogens is 296 g/mol. The van der Waals surface area contributed by atoms with Crippen LogP contribution in [-0.4, -0.2) is 10.9 Å². The molecule has 114 valence electrons. The van der Waals surface area contributed by atoms with Crippen LogP contribution in [0.1, 0.15) is 37.7 Å². The lowest BCUT2D eigenvalue weighted by Crippen LogP contribution is -2.42. The summed E-state index contributed by atoms with van der Waals surface area (Å²) in [4.78, 5) is 17.1. The Morgan fingerprint density at radius 3 is 2.64 bits per heavy atom. The van der Waals surface area contributed by atoms with E-state index in [0.29, 0.717) is 5.02 Å². The van der Waals surface area contributed by atoms with Crippen molar-refractivity contribution in [3.8, 4) is 0 Å². The number of pyridine rings is 1. The summed E-state index contributed by atoms with van der Waals surface area (Å²) >= 11 is 6.15. The minimum Gasteiger partial charge on any atom is -0.324 e. The first-order valence-corrected chi connectivity index (χ1v) is 8.06. The van der Waals surface area contributed by atoms with Crippen molar-refractivity contribution < 1.29 is 4.79 Å². The Morgan fingerprint density at radius 2 is 1.95 bits per heavy atom. The van der Waals surface area contributed by atoms with Crippen molar-refractivity contribution in [3.05, 3.63) is 59.4 Å². The van der Waals surface area contributed by atoms with Gasteiger partial charge in [0.25, 0.3) is 0 Å². The number of aromatic nitrogens is 1. The maximum atomic E-state index is 13.0. The van der Waals surface area contributed by atoms with Gasteiger partial charge in [0.1, 0.15) is 0 Å². The summed E-state index contributed by atoms with van der Waals surface area (Å²) in [5.74, 6) is 0.0440. The van der Waals surface area contributed by atoms with Gasteiger partial charge in [0.2, 0.25) is 5.91 Å². The van der Waals surface area contributed by atoms with E-state index in [1.165, 1.54) is 6.42 Å². The normalized spacial score (nSPS) is 17.0. The van der Waals surface area contributed by atoms with E-state index in [1.54, 1.807) is 12.4 Å². The van der Waals surface area contributed by atoms with Crippen LogP contribution in [-0.2, 0) is 10.2 Å². The van der Waals surface area contributed by atoms with Gasteiger partial charge < -0.3 is 5.32 Å². The molecule has 1 aliphatic rings. The van der Waals surface area contributed by atoms with E-state index < -0.39 is 5.41 Å². The standard InChI is InChI=1S/C18H19ClN2O/c19-15-7-4-6-14(12-15)18(9-2-1-3-10-18)17(22)21-16-8-5-11-20-13-16/h4-8,11-13H,1-3,9-10H2,(H,21,22). The molecule has 2 aromatic rings. The zero-order chi connectivity index (χ0) is 15.4. The third-order valence-corrected chi connectivity index (χ3v) is 4.67. The maximum absolute atomic E-state index is 13.0. The van der Waals surface area contributed by atoms with Gasteiger partial charge in [0.15, 0.2) is 0 Å². The molecule has 3 nitrogen and oxygen atoms in total. The first kappa shape index (κ1) is 15.0. The lowest BCUT2D eigenvalue weighted by molar-refractivity contribution is -0.122. The van der Waals surface area contributed by atoms with Crippen LogP contribution in [0, 0.1) is 0 Å². The topological polar surface area (TPSA) is 42.0 Å². The van der Waals surface area contributed by atoms with Crippen LogP contribution in [0.4, 0.5) is 5.69 Å². The molecule has 0 saturated heterocycles. The second-order valence-corrected chi connectivity index (χ2v) is 6.29. The summed E-state index contributed by atoms with van der Waals surface area (Å²) in [7, 11) is 0. The van der Waals surface area contributed by atoms with Gasteiger partial charge in [-0.25, -0.2) is 0 Å². The molecule has 0 spiro atoms. The van der Waals surface area contributed by atoms with Crippen LogP contribution in [0.5, 0.6) is 0 Å². The molecule has 1 aliphatic carbocycles. The van der Waals surface area contributed by atoms with E-state index in [4.69, 9.17) is 11.6 Å². The summed E-state index contributed by atoms with van der Waals surface area (Å²) in [6.07, 6.45) is 8.40. The third kappa shape index (κ3) is 3.00. The predicted octanol–water partition coefficient (Wildman–Crippen LogP) is 4.58. The number of carbonyl (C=O) groups is 1. The molecule has 1 N–H and O–H groups in total. The van der Waals surface area contributed by atoms with Crippen LogP contribution in [0.15, 0.2) is 48.8 Å². The summed E-state index contributed by atoms with van der Waals surface area (Å²) in [6, 6.07) is 11.4. The molecule has 22 heavy (non-hydrogen) atoms. The second-order valence-electron chi connectivity index (χ2n) is 5.85. The molecule has 4 heteroatoms. The molecule has 0 unspecified atom stereocenters. The zero-order valence-corrected chi connectivity index (χ0v) is 13.1. The van der Waals surface area contributed by atoms with Gasteiger partial charge in [0, 0.05) is 11.2 Å². The third-order valence-electron chi connectivity index (χ3n) is 4.44. The lowest BCUT2D eigenvalue weighted by Gasteiger charge is -2.36. The van der Waals surface area contributed by atoms with Gasteiger partial charge in [-0.05, 0) is 42.7 Å². The van der Waals surface area contributed by atoms with E-state index >= 15 is 0 Å². The van der Waals surface area contributed by atoms with Crippen molar-refractivity contribution in [2.24, 2.45) is 0 Å². The highest BCUT2D eigenvalue weighted by molar-refractivity contribution is 6.30. The smallest absolute Gasteiger partial charge is 0.235 e. The fraction of sp³-hybridized carbons (Fsp3) is 0.333. The minimum atomic E-state index is -0.487. The summed E-state index contributed by atoms with van der Waals surface area (Å²) in [5, 5.41) is 3.70. The first-order valence-electron chi connectivity index (χ1n) is 7.68. The molecular formula is C18H19ClN2O. The molecule has 1 aromatic heterocycles. The predicted molar refractivity (Wildman–Crippen MR) is 89.1 cm³/mol. The van der Waals surface area contributed by atoms with Crippen LogP contribution in [0.2, 0.25) is 5.02 Å². The number of anilines is 1. The fourth-order valence-electron chi connectivity index (χ4n) is 3.28. The molecule has 1 heterocycles. The quantitative estimate of drug-likeness (QED) is 0.901. The Morgan fingerprint density at radius 1 is 1.14 bits per heavy atom. The molecule has 1 amide bonds. The largest absolute Gasteiger partial charge is 0.324 e. The van der Waals surface area contributed by atoms with Crippen LogP contribution in [0.3, 0.4) is 0 Å². The molecule has 1 saturated carbocycles. The number of halogens is 1. The number of hydrogen-bond donors (Lipinski definition) is 1. The Hall–Kier alpha value is -1.87. The maximum Gasteiger partial charge on any atom is 0.235 e. The highest BCUT2D eigenvalue weighted by Gasteiger charge is 2.41. The molecule has 0 aliphatic heterocycles. The van der Waals surface area contributed by atoms with E-state index in [9.17, 15) is 4.79 Å². The monoisotopic (exact) mass is 314 g/mol. The van der Waals surface area contributed by atoms with E-state index in [0.717, 1.165) is 36.9 Å². The van der Waals surface area contributed by atoms with Crippen molar-refractivity contribution in [1.29, 1.82) is 0 Å². The first-order chi connectivity index (χ1) is 10.7. The van der Waals surface area contributed by atoms with Gasteiger partial charge in [-0.15, -0.1) is 0 Å². The highest BCUT2D eigenvalue weighted by atomic mass is 35.5. The molecule has 0 radical (unpaired) electrons. The number of nitrogens with zero attached hydrogens (tertiary/aromatic N) is 1. The lowest BCUT2D eigenvalue weighted by atomic mass is 9.68. The Kier molecular flexibility index (Phi) is 4.44. The molecule has 0 atom stereocenters. The number of amides is 1. The molecule has 1 fully saturated rings. The van der Waals surface area contributed by atoms with Crippen molar-refractivity contribution >= 4 is 23.2 Å². The van der Waals surface area contributed by atoms with Crippen LogP contribution in [0.25, 0.3) is 0 Å². The van der Waals surface area contributed by atoms with Crippen LogP contribution >= 0.6 is 11.6 Å². The van der Waals surface area contributed by atoms with Crippen molar-refractivity contribution in [2.75, 3.05) is 5.32 Å². The minimum absolute atomic E-state index is 0.0440. The second kappa shape index (κ2) is 6.49. The number of nitrogens with one attached hydrogen (secondary N) is 1. The molecule has 1 aromatic carbocycles. The zero-order valence-electron chi connectivity index (χ0n) is 12.4. The SMILES string of the molecule is O=C(Nc1cccnc1)C1(c2cccc(Cl)c2)CCCCC1. The Labute approximate surface area is 135 Å². The molecule has 3 rings (SSSR count). The van der Waals surface area contributed by atoms with Crippen LogP contribution < -0.4 is 5.32 Å². The van der Waals surface area contributed by atoms with E-state index in [2.05, 4.69) is 10.3 Å². The Bertz CT molecular complexity index is 651. The highest BCUT2D eigenvalue weighted by Crippen LogP contribution is 2.41. The molecule has 0 bridgehead atoms. The fourth-order valence-corrected chi connectivity index (χ4v) is 3.47. The van der Waals surface area contributed by atoms with Gasteiger partial charge in [-0.3, -0.25) is 9.78 Å². The van der Waals surface area contributed by atoms with Gasteiger partial charge in [-0.1, -0.05) is 43.0 Å². The number of benzene rings is 1. The average Bonchev–Trinajstić information content (AvgIpc) is 2.56. The van der Waals surface area contributed by atoms with Gasteiger partial charge in [0.05, 0.1) is 17.3 Å². The number of carbonyl (C=O) groups excluding carboxylic acids is 1. The van der Waals surface area contributed by atoms with E-state index in [-0.39, 0.29) is 5.91 Å². The number of hydrogen-bond acceptors (Lipinski definition) is 2. The van der Waals surface area contributed by atoms with Crippen molar-refractivity contribution in [2.45, 2.75) is 37.5 Å². The Balaban J connectivity index is 1.93. The summed E-state index contributed by atoms with van der Waals surface area (Å²) in [6.45, 7) is 0. The van der Waals surface area contributed by atoms with Crippen molar-refractivity contribution in [1.82, 2.24) is 4.98 Å². The average molecular weight is 315 g/mol.